The molecule has 2 N–H and O–H groups in total. The molecule has 6 nitrogen and oxygen atoms in total. The number of nitrogens with one attached hydrogen (secondary N) is 2. The van der Waals surface area contributed by atoms with Gasteiger partial charge in [-0.3, -0.25) is 4.99 Å². The van der Waals surface area contributed by atoms with Gasteiger partial charge in [0.2, 0.25) is 0 Å². The van der Waals surface area contributed by atoms with Gasteiger partial charge < -0.3 is 20.3 Å². The second-order valence-corrected chi connectivity index (χ2v) is 7.17. The lowest BCUT2D eigenvalue weighted by molar-refractivity contribution is 0.415. The Hall–Kier alpha value is -2.25. The highest BCUT2D eigenvalue weighted by atomic mass is 127. The van der Waals surface area contributed by atoms with Crippen LogP contribution in [0, 0.1) is 17.1 Å². The molecule has 1 unspecified atom stereocenters. The van der Waals surface area contributed by atoms with Gasteiger partial charge in [-0.25, -0.2) is 4.39 Å². The molecule has 1 heterocycles. The molecule has 0 radical (unpaired) electrons. The molecule has 30 heavy (non-hydrogen) atoms. The summed E-state index contributed by atoms with van der Waals surface area (Å²) in [5.41, 5.74) is 1.74. The summed E-state index contributed by atoms with van der Waals surface area (Å²) in [6, 6.07) is 12.1. The number of ether oxygens (including phenoxy) is 1. The SMILES string of the molecule is CN=C(NCc1ccc(C#N)cc1F)NC1CCN(c2cc(Cl)ccc2OC)C1.I. The molecule has 0 bridgehead atoms. The Morgan fingerprint density at radius 1 is 1.37 bits per heavy atom. The number of guanidine groups is 1. The third-order valence-electron chi connectivity index (χ3n) is 4.86. The standard InChI is InChI=1S/C21H23ClFN5O.HI/c1-25-21(26-12-15-4-3-14(11-24)9-18(15)23)27-17-7-8-28(13-17)19-10-16(22)5-6-20(19)29-2;/h3-6,9-10,17H,7-8,12-13H2,1-2H3,(H2,25,26,27);1H. The van der Waals surface area contributed by atoms with Gasteiger partial charge in [-0.05, 0) is 36.8 Å². The Morgan fingerprint density at radius 3 is 2.83 bits per heavy atom. The van der Waals surface area contributed by atoms with E-state index < -0.39 is 5.82 Å². The van der Waals surface area contributed by atoms with E-state index in [-0.39, 0.29) is 36.6 Å². The Labute approximate surface area is 198 Å². The third kappa shape index (κ3) is 5.89. The normalized spacial score (nSPS) is 15.9. The molecule has 0 spiro atoms. The summed E-state index contributed by atoms with van der Waals surface area (Å²) >= 11 is 6.15. The monoisotopic (exact) mass is 543 g/mol. The highest BCUT2D eigenvalue weighted by Crippen LogP contribution is 2.33. The molecule has 1 aliphatic heterocycles. The van der Waals surface area contributed by atoms with Crippen LogP contribution < -0.4 is 20.3 Å². The van der Waals surface area contributed by atoms with Crippen LogP contribution in [0.2, 0.25) is 5.02 Å². The maximum atomic E-state index is 14.1. The highest BCUT2D eigenvalue weighted by molar-refractivity contribution is 14.0. The second kappa shape index (κ2) is 11.2. The molecule has 9 heteroatoms. The molecule has 0 aliphatic carbocycles. The maximum Gasteiger partial charge on any atom is 0.191 e. The first kappa shape index (κ1) is 24.0. The van der Waals surface area contributed by atoms with Crippen molar-refractivity contribution < 1.29 is 9.13 Å². The van der Waals surface area contributed by atoms with Crippen molar-refractivity contribution in [1.82, 2.24) is 10.6 Å². The van der Waals surface area contributed by atoms with Crippen LogP contribution in [-0.2, 0) is 6.54 Å². The van der Waals surface area contributed by atoms with Crippen LogP contribution in [0.5, 0.6) is 5.75 Å². The van der Waals surface area contributed by atoms with E-state index in [0.29, 0.717) is 22.1 Å². The minimum atomic E-state index is -0.410. The van der Waals surface area contributed by atoms with Crippen LogP contribution in [-0.4, -0.2) is 39.2 Å². The predicted molar refractivity (Wildman–Crippen MR) is 128 cm³/mol. The number of hydrogen-bond donors (Lipinski definition) is 2. The molecule has 2 aromatic rings. The average molecular weight is 544 g/mol. The van der Waals surface area contributed by atoms with Gasteiger partial charge in [0.05, 0.1) is 24.4 Å². The first-order chi connectivity index (χ1) is 14.0. The van der Waals surface area contributed by atoms with Crippen molar-refractivity contribution in [3.8, 4) is 11.8 Å². The van der Waals surface area contributed by atoms with Crippen molar-refractivity contribution in [3.63, 3.8) is 0 Å². The van der Waals surface area contributed by atoms with Crippen molar-refractivity contribution in [2.24, 2.45) is 4.99 Å². The van der Waals surface area contributed by atoms with Crippen molar-refractivity contribution in [3.05, 3.63) is 58.4 Å². The molecule has 0 saturated carbocycles. The van der Waals surface area contributed by atoms with Gasteiger partial charge in [0.15, 0.2) is 5.96 Å². The summed E-state index contributed by atoms with van der Waals surface area (Å²) in [7, 11) is 3.32. The zero-order valence-electron chi connectivity index (χ0n) is 16.8. The van der Waals surface area contributed by atoms with Gasteiger partial charge in [-0.1, -0.05) is 17.7 Å². The van der Waals surface area contributed by atoms with Gasteiger partial charge >= 0.3 is 0 Å². The molecular formula is C21H24ClFIN5O. The fourth-order valence-electron chi connectivity index (χ4n) is 3.33. The van der Waals surface area contributed by atoms with Crippen molar-refractivity contribution in [2.45, 2.75) is 19.0 Å². The van der Waals surface area contributed by atoms with Crippen molar-refractivity contribution in [2.75, 3.05) is 32.1 Å². The number of halogens is 3. The average Bonchev–Trinajstić information content (AvgIpc) is 3.20. The third-order valence-corrected chi connectivity index (χ3v) is 5.10. The Morgan fingerprint density at radius 2 is 2.17 bits per heavy atom. The van der Waals surface area contributed by atoms with E-state index in [1.807, 2.05) is 24.3 Å². The second-order valence-electron chi connectivity index (χ2n) is 6.74. The molecule has 1 atom stereocenters. The van der Waals surface area contributed by atoms with Crippen LogP contribution >= 0.6 is 35.6 Å². The number of rotatable bonds is 5. The van der Waals surface area contributed by atoms with E-state index in [4.69, 9.17) is 21.6 Å². The predicted octanol–water partition coefficient (Wildman–Crippen LogP) is 3.92. The van der Waals surface area contributed by atoms with Crippen LogP contribution in [0.3, 0.4) is 0 Å². The fraction of sp³-hybridized carbons (Fsp3) is 0.333. The molecule has 1 saturated heterocycles. The number of benzene rings is 2. The fourth-order valence-corrected chi connectivity index (χ4v) is 3.50. The minimum Gasteiger partial charge on any atom is -0.495 e. The van der Waals surface area contributed by atoms with Crippen molar-refractivity contribution >= 4 is 47.2 Å². The number of methoxy groups -OCH3 is 1. The zero-order valence-corrected chi connectivity index (χ0v) is 19.9. The molecule has 1 fully saturated rings. The number of nitrogens with zero attached hydrogens (tertiary/aromatic N) is 3. The van der Waals surface area contributed by atoms with E-state index in [2.05, 4.69) is 20.5 Å². The van der Waals surface area contributed by atoms with E-state index in [1.165, 1.54) is 6.07 Å². The van der Waals surface area contributed by atoms with Gasteiger partial charge in [0.25, 0.3) is 0 Å². The van der Waals surface area contributed by atoms with Crippen LogP contribution in [0.25, 0.3) is 0 Å². The number of hydrogen-bond acceptors (Lipinski definition) is 4. The lowest BCUT2D eigenvalue weighted by atomic mass is 10.1. The summed E-state index contributed by atoms with van der Waals surface area (Å²) < 4.78 is 19.5. The maximum absolute atomic E-state index is 14.1. The Kier molecular flexibility index (Phi) is 8.99. The summed E-state index contributed by atoms with van der Waals surface area (Å²) in [6.07, 6.45) is 0.918. The van der Waals surface area contributed by atoms with Crippen LogP contribution in [0.1, 0.15) is 17.5 Å². The van der Waals surface area contributed by atoms with Gasteiger partial charge in [-0.2, -0.15) is 5.26 Å². The van der Waals surface area contributed by atoms with Gasteiger partial charge in [0.1, 0.15) is 11.6 Å². The summed E-state index contributed by atoms with van der Waals surface area (Å²) in [5, 5.41) is 16.0. The van der Waals surface area contributed by atoms with Gasteiger partial charge in [-0.15, -0.1) is 24.0 Å². The molecule has 1 aliphatic rings. The smallest absolute Gasteiger partial charge is 0.191 e. The quantitative estimate of drug-likeness (QED) is 0.340. The number of anilines is 1. The molecule has 0 aromatic heterocycles. The molecular weight excluding hydrogens is 520 g/mol. The first-order valence-electron chi connectivity index (χ1n) is 9.28. The van der Waals surface area contributed by atoms with Gasteiger partial charge in [0, 0.05) is 43.3 Å². The molecule has 3 rings (SSSR count). The molecule has 0 amide bonds. The number of nitriles is 1. The Balaban J connectivity index is 0.00000320. The lowest BCUT2D eigenvalue weighted by Crippen LogP contribution is -2.44. The van der Waals surface area contributed by atoms with Crippen molar-refractivity contribution in [1.29, 1.82) is 5.26 Å². The summed E-state index contributed by atoms with van der Waals surface area (Å²) in [5.74, 6) is 0.972. The van der Waals surface area contributed by atoms with E-state index in [1.54, 1.807) is 26.3 Å². The van der Waals surface area contributed by atoms with Crippen LogP contribution in [0.4, 0.5) is 10.1 Å². The topological polar surface area (TPSA) is 72.7 Å². The van der Waals surface area contributed by atoms with E-state index >= 15 is 0 Å². The largest absolute Gasteiger partial charge is 0.495 e. The van der Waals surface area contributed by atoms with E-state index in [0.717, 1.165) is 30.9 Å². The molecule has 160 valence electrons. The first-order valence-corrected chi connectivity index (χ1v) is 9.66. The van der Waals surface area contributed by atoms with Crippen LogP contribution in [0.15, 0.2) is 41.4 Å². The molecule has 2 aromatic carbocycles. The summed E-state index contributed by atoms with van der Waals surface area (Å²) in [6.45, 7) is 1.90. The highest BCUT2D eigenvalue weighted by Gasteiger charge is 2.25. The lowest BCUT2D eigenvalue weighted by Gasteiger charge is -2.22. The minimum absolute atomic E-state index is 0. The van der Waals surface area contributed by atoms with E-state index in [9.17, 15) is 4.39 Å². The summed E-state index contributed by atoms with van der Waals surface area (Å²) in [4.78, 5) is 6.45. The Bertz CT molecular complexity index is 949. The number of aliphatic imine (C=N–C) groups is 1. The zero-order chi connectivity index (χ0) is 20.8.